The number of carbonyl (C=O) groups is 1. The predicted octanol–water partition coefficient (Wildman–Crippen LogP) is 1.94. The Morgan fingerprint density at radius 2 is 2.20 bits per heavy atom. The van der Waals surface area contributed by atoms with E-state index >= 15 is 0 Å². The summed E-state index contributed by atoms with van der Waals surface area (Å²) in [5.41, 5.74) is 5.95. The van der Waals surface area contributed by atoms with Crippen molar-refractivity contribution in [1.29, 1.82) is 0 Å². The van der Waals surface area contributed by atoms with E-state index in [1.807, 2.05) is 6.07 Å². The Bertz CT molecular complexity index is 498. The molecule has 1 aromatic carbocycles. The van der Waals surface area contributed by atoms with Gasteiger partial charge < -0.3 is 21.0 Å². The van der Waals surface area contributed by atoms with Crippen molar-refractivity contribution >= 4 is 17.4 Å². The van der Waals surface area contributed by atoms with Crippen LogP contribution in [0.2, 0.25) is 0 Å². The SMILES string of the molecule is N/C(COc1ccccc1NC(=O)CC1CCC1)=N/O. The highest BCUT2D eigenvalue weighted by atomic mass is 16.5. The molecule has 6 heteroatoms. The van der Waals surface area contributed by atoms with Crippen LogP contribution in [0, 0.1) is 5.92 Å². The average Bonchev–Trinajstić information content (AvgIpc) is 2.41. The lowest BCUT2D eigenvalue weighted by Crippen LogP contribution is -2.23. The lowest BCUT2D eigenvalue weighted by molar-refractivity contribution is -0.117. The molecule has 0 atom stereocenters. The maximum Gasteiger partial charge on any atom is 0.224 e. The van der Waals surface area contributed by atoms with E-state index in [9.17, 15) is 4.79 Å². The van der Waals surface area contributed by atoms with Crippen molar-refractivity contribution < 1.29 is 14.7 Å². The number of ether oxygens (including phenoxy) is 1. The molecule has 0 aromatic heterocycles. The lowest BCUT2D eigenvalue weighted by atomic mass is 9.83. The molecule has 1 aliphatic carbocycles. The second kappa shape index (κ2) is 6.79. The summed E-state index contributed by atoms with van der Waals surface area (Å²) in [5, 5.41) is 14.2. The Hall–Kier alpha value is -2.24. The number of nitrogens with two attached hydrogens (primary N) is 1. The molecule has 20 heavy (non-hydrogen) atoms. The maximum atomic E-state index is 11.9. The van der Waals surface area contributed by atoms with Crippen molar-refractivity contribution in [2.45, 2.75) is 25.7 Å². The highest BCUT2D eigenvalue weighted by Gasteiger charge is 2.21. The summed E-state index contributed by atoms with van der Waals surface area (Å²) in [6.45, 7) is -0.0357. The van der Waals surface area contributed by atoms with Crippen molar-refractivity contribution in [3.63, 3.8) is 0 Å². The highest BCUT2D eigenvalue weighted by molar-refractivity contribution is 5.92. The number of rotatable bonds is 6. The molecule has 6 nitrogen and oxygen atoms in total. The highest BCUT2D eigenvalue weighted by Crippen LogP contribution is 2.30. The fraction of sp³-hybridized carbons (Fsp3) is 0.429. The number of amidine groups is 1. The van der Waals surface area contributed by atoms with Gasteiger partial charge >= 0.3 is 0 Å². The Labute approximate surface area is 117 Å². The van der Waals surface area contributed by atoms with Gasteiger partial charge in [-0.2, -0.15) is 0 Å². The number of hydrogen-bond acceptors (Lipinski definition) is 4. The van der Waals surface area contributed by atoms with Gasteiger partial charge in [-0.3, -0.25) is 4.79 Å². The van der Waals surface area contributed by atoms with Gasteiger partial charge in [-0.1, -0.05) is 23.7 Å². The Balaban J connectivity index is 1.94. The predicted molar refractivity (Wildman–Crippen MR) is 75.9 cm³/mol. The summed E-state index contributed by atoms with van der Waals surface area (Å²) in [5.74, 6) is 0.983. The first-order valence-corrected chi connectivity index (χ1v) is 6.67. The Morgan fingerprint density at radius 3 is 2.85 bits per heavy atom. The van der Waals surface area contributed by atoms with Crippen LogP contribution in [0.3, 0.4) is 0 Å². The van der Waals surface area contributed by atoms with Crippen LogP contribution in [-0.2, 0) is 4.79 Å². The molecule has 0 heterocycles. The zero-order valence-electron chi connectivity index (χ0n) is 11.2. The first kappa shape index (κ1) is 14.2. The largest absolute Gasteiger partial charge is 0.483 e. The molecule has 1 fully saturated rings. The minimum atomic E-state index is -0.0357. The Morgan fingerprint density at radius 1 is 1.45 bits per heavy atom. The first-order valence-electron chi connectivity index (χ1n) is 6.67. The maximum absolute atomic E-state index is 11.9. The first-order chi connectivity index (χ1) is 9.69. The molecule has 0 saturated heterocycles. The van der Waals surface area contributed by atoms with Gasteiger partial charge in [0, 0.05) is 6.42 Å². The minimum Gasteiger partial charge on any atom is -0.483 e. The normalized spacial score (nSPS) is 15.5. The van der Waals surface area contributed by atoms with Gasteiger partial charge in [-0.15, -0.1) is 0 Å². The number of oxime groups is 1. The summed E-state index contributed by atoms with van der Waals surface area (Å²) < 4.78 is 5.41. The average molecular weight is 277 g/mol. The van der Waals surface area contributed by atoms with E-state index in [0.29, 0.717) is 23.8 Å². The standard InChI is InChI=1S/C14H19N3O3/c15-13(17-19)9-20-12-7-2-1-6-11(12)16-14(18)8-10-4-3-5-10/h1-2,6-7,10,19H,3-5,8-9H2,(H2,15,17)(H,16,18). The number of amides is 1. The van der Waals surface area contributed by atoms with Gasteiger partial charge in [0.15, 0.2) is 5.84 Å². The zero-order chi connectivity index (χ0) is 14.4. The van der Waals surface area contributed by atoms with Crippen LogP contribution in [0.1, 0.15) is 25.7 Å². The van der Waals surface area contributed by atoms with E-state index in [1.165, 1.54) is 6.42 Å². The van der Waals surface area contributed by atoms with Gasteiger partial charge in [0.2, 0.25) is 5.91 Å². The van der Waals surface area contributed by atoms with Crippen LogP contribution < -0.4 is 15.8 Å². The third kappa shape index (κ3) is 3.88. The number of para-hydroxylation sites is 2. The van der Waals surface area contributed by atoms with Crippen LogP contribution in [0.15, 0.2) is 29.4 Å². The number of hydrogen-bond donors (Lipinski definition) is 3. The lowest BCUT2D eigenvalue weighted by Gasteiger charge is -2.24. The molecule has 1 saturated carbocycles. The summed E-state index contributed by atoms with van der Waals surface area (Å²) in [7, 11) is 0. The molecule has 1 aromatic rings. The van der Waals surface area contributed by atoms with Crippen molar-refractivity contribution in [3.05, 3.63) is 24.3 Å². The summed E-state index contributed by atoms with van der Waals surface area (Å²) in [6.07, 6.45) is 4.04. The number of nitrogens with zero attached hydrogens (tertiary/aromatic N) is 1. The van der Waals surface area contributed by atoms with Crippen molar-refractivity contribution in [3.8, 4) is 5.75 Å². The van der Waals surface area contributed by atoms with Crippen LogP contribution in [0.25, 0.3) is 0 Å². The molecule has 0 unspecified atom stereocenters. The van der Waals surface area contributed by atoms with Gasteiger partial charge in [-0.05, 0) is 30.9 Å². The van der Waals surface area contributed by atoms with Crippen LogP contribution in [-0.4, -0.2) is 23.6 Å². The molecule has 108 valence electrons. The summed E-state index contributed by atoms with van der Waals surface area (Å²) >= 11 is 0. The molecular formula is C14H19N3O3. The number of nitrogens with one attached hydrogen (secondary N) is 1. The Kier molecular flexibility index (Phi) is 4.81. The summed E-state index contributed by atoms with van der Waals surface area (Å²) in [6, 6.07) is 7.10. The van der Waals surface area contributed by atoms with E-state index < -0.39 is 0 Å². The molecule has 1 amide bonds. The third-order valence-electron chi connectivity index (χ3n) is 3.36. The van der Waals surface area contributed by atoms with E-state index in [0.717, 1.165) is 12.8 Å². The van der Waals surface area contributed by atoms with Crippen molar-refractivity contribution in [2.75, 3.05) is 11.9 Å². The van der Waals surface area contributed by atoms with Crippen molar-refractivity contribution in [1.82, 2.24) is 0 Å². The van der Waals surface area contributed by atoms with Gasteiger partial charge in [-0.25, -0.2) is 0 Å². The van der Waals surface area contributed by atoms with E-state index in [1.54, 1.807) is 18.2 Å². The molecule has 2 rings (SSSR count). The number of carbonyl (C=O) groups excluding carboxylic acids is 1. The minimum absolute atomic E-state index is 0.00505. The van der Waals surface area contributed by atoms with E-state index in [2.05, 4.69) is 10.5 Å². The number of anilines is 1. The quantitative estimate of drug-likeness (QED) is 0.320. The fourth-order valence-corrected chi connectivity index (χ4v) is 2.04. The monoisotopic (exact) mass is 277 g/mol. The van der Waals surface area contributed by atoms with Crippen LogP contribution in [0.4, 0.5) is 5.69 Å². The van der Waals surface area contributed by atoms with Crippen LogP contribution >= 0.6 is 0 Å². The second-order valence-electron chi connectivity index (χ2n) is 4.93. The number of benzene rings is 1. The molecule has 0 spiro atoms. The smallest absolute Gasteiger partial charge is 0.224 e. The zero-order valence-corrected chi connectivity index (χ0v) is 11.2. The fourth-order valence-electron chi connectivity index (χ4n) is 2.04. The molecule has 0 aliphatic heterocycles. The molecular weight excluding hydrogens is 258 g/mol. The van der Waals surface area contributed by atoms with Gasteiger partial charge in [0.05, 0.1) is 5.69 Å². The van der Waals surface area contributed by atoms with Gasteiger partial charge in [0.1, 0.15) is 12.4 Å². The second-order valence-corrected chi connectivity index (χ2v) is 4.93. The van der Waals surface area contributed by atoms with Crippen molar-refractivity contribution in [2.24, 2.45) is 16.8 Å². The molecule has 0 radical (unpaired) electrons. The topological polar surface area (TPSA) is 96.9 Å². The summed E-state index contributed by atoms with van der Waals surface area (Å²) in [4.78, 5) is 11.9. The van der Waals surface area contributed by atoms with E-state index in [4.69, 9.17) is 15.7 Å². The molecule has 1 aliphatic rings. The molecule has 0 bridgehead atoms. The molecule has 4 N–H and O–H groups in total. The van der Waals surface area contributed by atoms with Gasteiger partial charge in [0.25, 0.3) is 0 Å². The third-order valence-corrected chi connectivity index (χ3v) is 3.36. The van der Waals surface area contributed by atoms with Crippen LogP contribution in [0.5, 0.6) is 5.75 Å². The van der Waals surface area contributed by atoms with E-state index in [-0.39, 0.29) is 18.3 Å².